The van der Waals surface area contributed by atoms with Crippen LogP contribution in [0, 0.1) is 12.8 Å². The van der Waals surface area contributed by atoms with Crippen molar-refractivity contribution >= 4 is 27.7 Å². The molecule has 0 saturated carbocycles. The van der Waals surface area contributed by atoms with Gasteiger partial charge in [-0.2, -0.15) is 0 Å². The molecule has 0 aliphatic carbocycles. The Balaban J connectivity index is 2.72. The SMILES string of the molecule is CNC(=O)C(C)CN(C)c1ccc(Br)c(C)n1. The molecule has 1 heterocycles. The van der Waals surface area contributed by atoms with Crippen LogP contribution in [0.3, 0.4) is 0 Å². The summed E-state index contributed by atoms with van der Waals surface area (Å²) in [6.07, 6.45) is 0. The summed E-state index contributed by atoms with van der Waals surface area (Å²) in [5, 5.41) is 2.65. The molecule has 0 fully saturated rings. The maximum Gasteiger partial charge on any atom is 0.224 e. The highest BCUT2D eigenvalue weighted by atomic mass is 79.9. The van der Waals surface area contributed by atoms with Crippen LogP contribution in [0.1, 0.15) is 12.6 Å². The number of nitrogens with one attached hydrogen (secondary N) is 1. The lowest BCUT2D eigenvalue weighted by atomic mass is 10.1. The Morgan fingerprint density at radius 3 is 2.76 bits per heavy atom. The lowest BCUT2D eigenvalue weighted by Gasteiger charge is -2.22. The Kier molecular flexibility index (Phi) is 4.93. The zero-order valence-corrected chi connectivity index (χ0v) is 12.2. The number of carbonyl (C=O) groups excluding carboxylic acids is 1. The van der Waals surface area contributed by atoms with Gasteiger partial charge in [0, 0.05) is 25.1 Å². The van der Waals surface area contributed by atoms with Crippen molar-refractivity contribution in [1.29, 1.82) is 0 Å². The smallest absolute Gasteiger partial charge is 0.224 e. The van der Waals surface area contributed by atoms with E-state index in [4.69, 9.17) is 0 Å². The van der Waals surface area contributed by atoms with Gasteiger partial charge < -0.3 is 10.2 Å². The standard InChI is InChI=1S/C12H18BrN3O/c1-8(12(17)14-3)7-16(4)11-6-5-10(13)9(2)15-11/h5-6,8H,7H2,1-4H3,(H,14,17). The molecule has 1 rings (SSSR count). The van der Waals surface area contributed by atoms with Crippen LogP contribution in [0.4, 0.5) is 5.82 Å². The Bertz CT molecular complexity index is 409. The third-order valence-electron chi connectivity index (χ3n) is 2.64. The number of aryl methyl sites for hydroxylation is 1. The van der Waals surface area contributed by atoms with Crippen LogP contribution >= 0.6 is 15.9 Å². The largest absolute Gasteiger partial charge is 0.359 e. The van der Waals surface area contributed by atoms with Crippen molar-refractivity contribution in [3.05, 3.63) is 22.3 Å². The van der Waals surface area contributed by atoms with Crippen molar-refractivity contribution in [2.24, 2.45) is 5.92 Å². The van der Waals surface area contributed by atoms with E-state index in [9.17, 15) is 4.79 Å². The van der Waals surface area contributed by atoms with Crippen LogP contribution in [0.15, 0.2) is 16.6 Å². The summed E-state index contributed by atoms with van der Waals surface area (Å²) < 4.78 is 0.994. The quantitative estimate of drug-likeness (QED) is 0.924. The predicted octanol–water partition coefficient (Wildman–Crippen LogP) is 1.97. The first kappa shape index (κ1) is 14.0. The molecule has 1 aromatic rings. The van der Waals surface area contributed by atoms with Crippen molar-refractivity contribution < 1.29 is 4.79 Å². The summed E-state index contributed by atoms with van der Waals surface area (Å²) in [5.41, 5.74) is 0.946. The molecule has 1 N–H and O–H groups in total. The third-order valence-corrected chi connectivity index (χ3v) is 3.48. The van der Waals surface area contributed by atoms with Gasteiger partial charge in [-0.1, -0.05) is 6.92 Å². The van der Waals surface area contributed by atoms with Crippen LogP contribution in [0.25, 0.3) is 0 Å². The van der Waals surface area contributed by atoms with Crippen LogP contribution in [-0.2, 0) is 4.79 Å². The topological polar surface area (TPSA) is 45.2 Å². The van der Waals surface area contributed by atoms with Crippen LogP contribution in [-0.4, -0.2) is 31.5 Å². The fourth-order valence-electron chi connectivity index (χ4n) is 1.58. The number of hydrogen-bond acceptors (Lipinski definition) is 3. The summed E-state index contributed by atoms with van der Waals surface area (Å²) in [5.74, 6) is 0.864. The van der Waals surface area contributed by atoms with Crippen LogP contribution < -0.4 is 10.2 Å². The minimum Gasteiger partial charge on any atom is -0.359 e. The number of pyridine rings is 1. The number of anilines is 1. The molecule has 1 unspecified atom stereocenters. The number of hydrogen-bond donors (Lipinski definition) is 1. The van der Waals surface area contributed by atoms with Gasteiger partial charge in [0.1, 0.15) is 5.82 Å². The number of halogens is 1. The van der Waals surface area contributed by atoms with E-state index in [1.54, 1.807) is 7.05 Å². The van der Waals surface area contributed by atoms with E-state index >= 15 is 0 Å². The molecular formula is C12H18BrN3O. The van der Waals surface area contributed by atoms with E-state index in [0.717, 1.165) is 16.0 Å². The van der Waals surface area contributed by atoms with E-state index in [1.807, 2.05) is 37.9 Å². The summed E-state index contributed by atoms with van der Waals surface area (Å²) >= 11 is 3.42. The van der Waals surface area contributed by atoms with E-state index < -0.39 is 0 Å². The van der Waals surface area contributed by atoms with E-state index in [0.29, 0.717) is 6.54 Å². The predicted molar refractivity (Wildman–Crippen MR) is 73.2 cm³/mol. The number of carbonyl (C=O) groups is 1. The van der Waals surface area contributed by atoms with E-state index in [1.165, 1.54) is 0 Å². The van der Waals surface area contributed by atoms with Gasteiger partial charge in [-0.3, -0.25) is 4.79 Å². The van der Waals surface area contributed by atoms with Gasteiger partial charge in [-0.05, 0) is 35.0 Å². The average molecular weight is 300 g/mol. The van der Waals surface area contributed by atoms with Gasteiger partial charge in [0.05, 0.1) is 11.6 Å². The summed E-state index contributed by atoms with van der Waals surface area (Å²) in [6.45, 7) is 4.50. The second-order valence-electron chi connectivity index (χ2n) is 4.13. The maximum absolute atomic E-state index is 11.4. The minimum atomic E-state index is -0.0595. The molecule has 17 heavy (non-hydrogen) atoms. The first-order valence-corrected chi connectivity index (χ1v) is 6.31. The van der Waals surface area contributed by atoms with E-state index in [2.05, 4.69) is 26.2 Å². The Hall–Kier alpha value is -1.10. The molecule has 0 bridgehead atoms. The first-order chi connectivity index (χ1) is 7.95. The first-order valence-electron chi connectivity index (χ1n) is 5.51. The molecule has 4 nitrogen and oxygen atoms in total. The van der Waals surface area contributed by atoms with Crippen LogP contribution in [0.5, 0.6) is 0 Å². The second kappa shape index (κ2) is 6.00. The Morgan fingerprint density at radius 1 is 1.59 bits per heavy atom. The van der Waals surface area contributed by atoms with Gasteiger partial charge >= 0.3 is 0 Å². The number of amides is 1. The van der Waals surface area contributed by atoms with Gasteiger partial charge in [0.2, 0.25) is 5.91 Å². The molecule has 0 aliphatic rings. The van der Waals surface area contributed by atoms with Crippen molar-refractivity contribution in [1.82, 2.24) is 10.3 Å². The summed E-state index contributed by atoms with van der Waals surface area (Å²) in [4.78, 5) is 17.9. The van der Waals surface area contributed by atoms with E-state index in [-0.39, 0.29) is 11.8 Å². The zero-order valence-electron chi connectivity index (χ0n) is 10.6. The zero-order chi connectivity index (χ0) is 13.0. The van der Waals surface area contributed by atoms with Crippen molar-refractivity contribution in [2.45, 2.75) is 13.8 Å². The highest BCUT2D eigenvalue weighted by Crippen LogP contribution is 2.18. The van der Waals surface area contributed by atoms with Gasteiger partial charge in [0.25, 0.3) is 0 Å². The summed E-state index contributed by atoms with van der Waals surface area (Å²) in [6, 6.07) is 3.91. The van der Waals surface area contributed by atoms with Gasteiger partial charge in [-0.25, -0.2) is 4.98 Å². The fraction of sp³-hybridized carbons (Fsp3) is 0.500. The lowest BCUT2D eigenvalue weighted by molar-refractivity contribution is -0.123. The molecule has 0 saturated heterocycles. The molecule has 5 heteroatoms. The molecule has 0 aromatic carbocycles. The second-order valence-corrected chi connectivity index (χ2v) is 4.99. The van der Waals surface area contributed by atoms with Crippen molar-refractivity contribution in [3.63, 3.8) is 0 Å². The summed E-state index contributed by atoms with van der Waals surface area (Å²) in [7, 11) is 3.59. The monoisotopic (exact) mass is 299 g/mol. The van der Waals surface area contributed by atoms with Crippen LogP contribution in [0.2, 0.25) is 0 Å². The third kappa shape index (κ3) is 3.70. The highest BCUT2D eigenvalue weighted by molar-refractivity contribution is 9.10. The normalized spacial score (nSPS) is 12.1. The molecule has 0 radical (unpaired) electrons. The van der Waals surface area contributed by atoms with Crippen molar-refractivity contribution in [3.8, 4) is 0 Å². The number of nitrogens with zero attached hydrogens (tertiary/aromatic N) is 2. The highest BCUT2D eigenvalue weighted by Gasteiger charge is 2.14. The Labute approximate surface area is 111 Å². The molecule has 1 aromatic heterocycles. The number of aromatic nitrogens is 1. The van der Waals surface area contributed by atoms with Gasteiger partial charge in [-0.15, -0.1) is 0 Å². The molecule has 1 amide bonds. The molecule has 1 atom stereocenters. The Morgan fingerprint density at radius 2 is 2.24 bits per heavy atom. The molecule has 94 valence electrons. The molecular weight excluding hydrogens is 282 g/mol. The number of rotatable bonds is 4. The average Bonchev–Trinajstić information content (AvgIpc) is 2.31. The maximum atomic E-state index is 11.4. The molecule has 0 aliphatic heterocycles. The van der Waals surface area contributed by atoms with Gasteiger partial charge in [0.15, 0.2) is 0 Å². The lowest BCUT2D eigenvalue weighted by Crippen LogP contribution is -2.34. The minimum absolute atomic E-state index is 0.0469. The van der Waals surface area contributed by atoms with Crippen molar-refractivity contribution in [2.75, 3.05) is 25.5 Å². The molecule has 0 spiro atoms. The fourth-order valence-corrected chi connectivity index (χ4v) is 1.80.